The molecule has 7 heteroatoms. The fourth-order valence-electron chi connectivity index (χ4n) is 1.50. The Kier molecular flexibility index (Phi) is 3.63. The van der Waals surface area contributed by atoms with Crippen molar-refractivity contribution in [2.75, 3.05) is 11.8 Å². The third-order valence-corrected chi connectivity index (χ3v) is 3.66. The van der Waals surface area contributed by atoms with Crippen LogP contribution in [0.5, 0.6) is 0 Å². The number of aromatic nitrogens is 2. The standard InChI is InChI=1S/C11H14N4O2S/c1-12-8-9-2-4-10(5-3-9)15-18(16,17)11-6-7-13-14-11/h2-7,12,15H,8H2,1H3,(H,13,14). The van der Waals surface area contributed by atoms with Gasteiger partial charge >= 0.3 is 0 Å². The number of hydrogen-bond acceptors (Lipinski definition) is 4. The number of nitrogens with zero attached hydrogens (tertiary/aromatic N) is 1. The van der Waals surface area contributed by atoms with Crippen molar-refractivity contribution in [3.63, 3.8) is 0 Å². The van der Waals surface area contributed by atoms with Crippen LogP contribution in [0.2, 0.25) is 0 Å². The van der Waals surface area contributed by atoms with E-state index in [9.17, 15) is 8.42 Å². The molecule has 2 aromatic rings. The Labute approximate surface area is 105 Å². The molecule has 18 heavy (non-hydrogen) atoms. The van der Waals surface area contributed by atoms with Crippen molar-refractivity contribution in [3.05, 3.63) is 42.1 Å². The van der Waals surface area contributed by atoms with E-state index in [1.165, 1.54) is 12.3 Å². The summed E-state index contributed by atoms with van der Waals surface area (Å²) in [6, 6.07) is 8.57. The highest BCUT2D eigenvalue weighted by atomic mass is 32.2. The highest BCUT2D eigenvalue weighted by molar-refractivity contribution is 7.92. The van der Waals surface area contributed by atoms with Gasteiger partial charge in [0.15, 0.2) is 5.03 Å². The van der Waals surface area contributed by atoms with Crippen LogP contribution in [0.15, 0.2) is 41.6 Å². The van der Waals surface area contributed by atoms with Crippen LogP contribution in [0.4, 0.5) is 5.69 Å². The maximum atomic E-state index is 11.9. The van der Waals surface area contributed by atoms with E-state index in [1.807, 2.05) is 19.2 Å². The maximum Gasteiger partial charge on any atom is 0.278 e. The largest absolute Gasteiger partial charge is 0.316 e. The minimum absolute atomic E-state index is 0.0433. The van der Waals surface area contributed by atoms with E-state index in [0.29, 0.717) is 5.69 Å². The minimum atomic E-state index is -3.58. The summed E-state index contributed by atoms with van der Waals surface area (Å²) in [5, 5.41) is 9.10. The predicted octanol–water partition coefficient (Wildman–Crippen LogP) is 0.930. The molecule has 0 spiro atoms. The second-order valence-electron chi connectivity index (χ2n) is 3.75. The number of benzene rings is 1. The Bertz CT molecular complexity index is 590. The van der Waals surface area contributed by atoms with Crippen molar-refractivity contribution < 1.29 is 8.42 Å². The van der Waals surface area contributed by atoms with Crippen LogP contribution in [0.25, 0.3) is 0 Å². The van der Waals surface area contributed by atoms with Crippen LogP contribution in [0, 0.1) is 0 Å². The molecular weight excluding hydrogens is 252 g/mol. The molecule has 0 aliphatic rings. The number of anilines is 1. The Morgan fingerprint density at radius 3 is 2.50 bits per heavy atom. The zero-order valence-corrected chi connectivity index (χ0v) is 10.7. The summed E-state index contributed by atoms with van der Waals surface area (Å²) in [7, 11) is -1.72. The van der Waals surface area contributed by atoms with Gasteiger partial charge in [-0.1, -0.05) is 12.1 Å². The van der Waals surface area contributed by atoms with E-state index in [-0.39, 0.29) is 5.03 Å². The zero-order valence-electron chi connectivity index (χ0n) is 9.84. The van der Waals surface area contributed by atoms with Crippen LogP contribution in [-0.2, 0) is 16.6 Å². The van der Waals surface area contributed by atoms with Gasteiger partial charge < -0.3 is 5.32 Å². The molecule has 0 unspecified atom stereocenters. The number of H-pyrrole nitrogens is 1. The first-order chi connectivity index (χ1) is 8.62. The summed E-state index contributed by atoms with van der Waals surface area (Å²) in [5.74, 6) is 0. The Morgan fingerprint density at radius 2 is 1.94 bits per heavy atom. The zero-order chi connectivity index (χ0) is 13.0. The van der Waals surface area contributed by atoms with Crippen LogP contribution in [0.1, 0.15) is 5.56 Å². The first kappa shape index (κ1) is 12.6. The van der Waals surface area contributed by atoms with Crippen LogP contribution < -0.4 is 10.0 Å². The Morgan fingerprint density at radius 1 is 1.22 bits per heavy atom. The highest BCUT2D eigenvalue weighted by Crippen LogP contribution is 2.14. The van der Waals surface area contributed by atoms with E-state index in [1.54, 1.807) is 12.1 Å². The van der Waals surface area contributed by atoms with E-state index in [0.717, 1.165) is 12.1 Å². The lowest BCUT2D eigenvalue weighted by atomic mass is 10.2. The van der Waals surface area contributed by atoms with Crippen molar-refractivity contribution in [1.29, 1.82) is 0 Å². The molecule has 1 aromatic carbocycles. The Balaban J connectivity index is 2.14. The summed E-state index contributed by atoms with van der Waals surface area (Å²) in [6.45, 7) is 0.744. The molecule has 96 valence electrons. The first-order valence-corrected chi connectivity index (χ1v) is 6.86. The number of aromatic amines is 1. The quantitative estimate of drug-likeness (QED) is 0.751. The molecule has 0 saturated heterocycles. The molecule has 0 aliphatic carbocycles. The molecule has 3 N–H and O–H groups in total. The molecule has 6 nitrogen and oxygen atoms in total. The summed E-state index contributed by atoms with van der Waals surface area (Å²) >= 11 is 0. The van der Waals surface area contributed by atoms with Crippen molar-refractivity contribution >= 4 is 15.7 Å². The molecular formula is C11H14N4O2S. The van der Waals surface area contributed by atoms with E-state index in [4.69, 9.17) is 0 Å². The summed E-state index contributed by atoms with van der Waals surface area (Å²) in [6.07, 6.45) is 1.39. The normalized spacial score (nSPS) is 11.4. The van der Waals surface area contributed by atoms with Gasteiger partial charge in [-0.05, 0) is 30.8 Å². The van der Waals surface area contributed by atoms with Gasteiger partial charge in [0.1, 0.15) is 0 Å². The second-order valence-corrected chi connectivity index (χ2v) is 5.40. The lowest BCUT2D eigenvalue weighted by Crippen LogP contribution is -2.13. The molecule has 1 heterocycles. The third kappa shape index (κ3) is 2.88. The average Bonchev–Trinajstić information content (AvgIpc) is 2.86. The molecule has 0 atom stereocenters. The first-order valence-electron chi connectivity index (χ1n) is 5.37. The lowest BCUT2D eigenvalue weighted by molar-refractivity contribution is 0.597. The van der Waals surface area contributed by atoms with Gasteiger partial charge in [-0.2, -0.15) is 13.5 Å². The molecule has 2 rings (SSSR count). The smallest absolute Gasteiger partial charge is 0.278 e. The minimum Gasteiger partial charge on any atom is -0.316 e. The van der Waals surface area contributed by atoms with Crippen molar-refractivity contribution in [2.45, 2.75) is 11.6 Å². The van der Waals surface area contributed by atoms with Crippen molar-refractivity contribution in [1.82, 2.24) is 15.5 Å². The monoisotopic (exact) mass is 266 g/mol. The molecule has 0 amide bonds. The SMILES string of the molecule is CNCc1ccc(NS(=O)(=O)c2ccn[nH]2)cc1. The summed E-state index contributed by atoms with van der Waals surface area (Å²) in [4.78, 5) is 0. The Hall–Kier alpha value is -1.86. The molecule has 1 aromatic heterocycles. The number of sulfonamides is 1. The lowest BCUT2D eigenvalue weighted by Gasteiger charge is -2.07. The van der Waals surface area contributed by atoms with Gasteiger partial charge in [-0.15, -0.1) is 0 Å². The topological polar surface area (TPSA) is 86.9 Å². The number of rotatable bonds is 5. The third-order valence-electron chi connectivity index (χ3n) is 2.35. The van der Waals surface area contributed by atoms with Gasteiger partial charge in [0.05, 0.1) is 6.20 Å². The van der Waals surface area contributed by atoms with E-state index >= 15 is 0 Å². The van der Waals surface area contributed by atoms with Gasteiger partial charge in [0, 0.05) is 12.2 Å². The van der Waals surface area contributed by atoms with Crippen molar-refractivity contribution in [3.8, 4) is 0 Å². The number of hydrogen-bond donors (Lipinski definition) is 3. The molecule has 0 fully saturated rings. The highest BCUT2D eigenvalue weighted by Gasteiger charge is 2.15. The van der Waals surface area contributed by atoms with Gasteiger partial charge in [-0.25, -0.2) is 0 Å². The van der Waals surface area contributed by atoms with Crippen LogP contribution >= 0.6 is 0 Å². The molecule has 0 aliphatic heterocycles. The van der Waals surface area contributed by atoms with E-state index in [2.05, 4.69) is 20.2 Å². The fourth-order valence-corrected chi connectivity index (χ4v) is 2.47. The van der Waals surface area contributed by atoms with Crippen LogP contribution in [-0.4, -0.2) is 25.7 Å². The van der Waals surface area contributed by atoms with Gasteiger partial charge in [0.25, 0.3) is 10.0 Å². The van der Waals surface area contributed by atoms with Crippen molar-refractivity contribution in [2.24, 2.45) is 0 Å². The average molecular weight is 266 g/mol. The maximum absolute atomic E-state index is 11.9. The summed E-state index contributed by atoms with van der Waals surface area (Å²) in [5.41, 5.74) is 1.60. The van der Waals surface area contributed by atoms with E-state index < -0.39 is 10.0 Å². The fraction of sp³-hybridized carbons (Fsp3) is 0.182. The second kappa shape index (κ2) is 5.19. The van der Waals surface area contributed by atoms with Crippen LogP contribution in [0.3, 0.4) is 0 Å². The van der Waals surface area contributed by atoms with Gasteiger partial charge in [0.2, 0.25) is 0 Å². The predicted molar refractivity (Wildman–Crippen MR) is 68.6 cm³/mol. The molecule has 0 bridgehead atoms. The van der Waals surface area contributed by atoms with Gasteiger partial charge in [-0.3, -0.25) is 9.82 Å². The number of nitrogens with one attached hydrogen (secondary N) is 3. The molecule has 0 saturated carbocycles. The molecule has 0 radical (unpaired) electrons. The summed E-state index contributed by atoms with van der Waals surface area (Å²) < 4.78 is 26.2.